The number of aliphatic imine (C=N–C) groups is 1. The SMILES string of the molecule is CCNC(=NCC1CC1c1ccccc1)NC1CCN(CC(F)F)CC1. The van der Waals surface area contributed by atoms with E-state index in [9.17, 15) is 8.78 Å². The third kappa shape index (κ3) is 5.66. The Balaban J connectivity index is 1.45. The Bertz CT molecular complexity index is 570. The fraction of sp³-hybridized carbons (Fsp3) is 0.650. The van der Waals surface area contributed by atoms with Gasteiger partial charge in [-0.1, -0.05) is 30.3 Å². The minimum absolute atomic E-state index is 0.108. The molecule has 0 amide bonds. The molecule has 1 aromatic rings. The van der Waals surface area contributed by atoms with Gasteiger partial charge in [-0.25, -0.2) is 8.78 Å². The fourth-order valence-corrected chi connectivity index (χ4v) is 3.73. The Labute approximate surface area is 155 Å². The zero-order valence-electron chi connectivity index (χ0n) is 15.5. The molecule has 1 aliphatic heterocycles. The summed E-state index contributed by atoms with van der Waals surface area (Å²) in [7, 11) is 0. The second-order valence-corrected chi connectivity index (χ2v) is 7.34. The third-order valence-corrected chi connectivity index (χ3v) is 5.30. The molecule has 1 saturated carbocycles. The van der Waals surface area contributed by atoms with Crippen LogP contribution in [0.3, 0.4) is 0 Å². The molecule has 144 valence electrons. The lowest BCUT2D eigenvalue weighted by Crippen LogP contribution is -2.49. The lowest BCUT2D eigenvalue weighted by molar-refractivity contribution is 0.0744. The van der Waals surface area contributed by atoms with Gasteiger partial charge in [0.1, 0.15) is 0 Å². The van der Waals surface area contributed by atoms with Crippen molar-refractivity contribution in [1.29, 1.82) is 0 Å². The first-order chi connectivity index (χ1) is 12.7. The summed E-state index contributed by atoms with van der Waals surface area (Å²) in [6.45, 7) is 5.05. The van der Waals surface area contributed by atoms with E-state index in [2.05, 4.69) is 47.9 Å². The van der Waals surface area contributed by atoms with Crippen molar-refractivity contribution in [2.24, 2.45) is 10.9 Å². The summed E-state index contributed by atoms with van der Waals surface area (Å²) in [5, 5.41) is 6.81. The molecule has 0 aromatic heterocycles. The highest BCUT2D eigenvalue weighted by atomic mass is 19.3. The van der Waals surface area contributed by atoms with Crippen LogP contribution in [0.25, 0.3) is 0 Å². The second-order valence-electron chi connectivity index (χ2n) is 7.34. The van der Waals surface area contributed by atoms with E-state index in [1.807, 2.05) is 4.90 Å². The molecule has 1 aliphatic carbocycles. The number of piperidine rings is 1. The molecule has 2 fully saturated rings. The highest BCUT2D eigenvalue weighted by Crippen LogP contribution is 2.47. The summed E-state index contributed by atoms with van der Waals surface area (Å²) < 4.78 is 25.0. The molecule has 2 aliphatic rings. The maximum absolute atomic E-state index is 12.5. The van der Waals surface area contributed by atoms with Gasteiger partial charge >= 0.3 is 0 Å². The van der Waals surface area contributed by atoms with Crippen molar-refractivity contribution in [3.8, 4) is 0 Å². The molecule has 6 heteroatoms. The van der Waals surface area contributed by atoms with Crippen LogP contribution in [0.15, 0.2) is 35.3 Å². The van der Waals surface area contributed by atoms with Gasteiger partial charge < -0.3 is 10.6 Å². The summed E-state index contributed by atoms with van der Waals surface area (Å²) in [5.74, 6) is 2.12. The van der Waals surface area contributed by atoms with E-state index >= 15 is 0 Å². The number of alkyl halides is 2. The normalized spacial score (nSPS) is 24.7. The summed E-state index contributed by atoms with van der Waals surface area (Å²) >= 11 is 0. The highest BCUT2D eigenvalue weighted by molar-refractivity contribution is 5.80. The molecule has 3 rings (SSSR count). The van der Waals surface area contributed by atoms with Crippen LogP contribution in [0, 0.1) is 5.92 Å². The smallest absolute Gasteiger partial charge is 0.251 e. The van der Waals surface area contributed by atoms with Crippen molar-refractivity contribution < 1.29 is 8.78 Å². The summed E-state index contributed by atoms with van der Waals surface area (Å²) in [5.41, 5.74) is 1.41. The molecule has 1 saturated heterocycles. The molecule has 4 nitrogen and oxygen atoms in total. The Morgan fingerprint density at radius 2 is 1.96 bits per heavy atom. The number of likely N-dealkylation sites (tertiary alicyclic amines) is 1. The van der Waals surface area contributed by atoms with Crippen LogP contribution in [0.2, 0.25) is 0 Å². The topological polar surface area (TPSA) is 39.7 Å². The van der Waals surface area contributed by atoms with E-state index in [1.54, 1.807) is 0 Å². The minimum Gasteiger partial charge on any atom is -0.357 e. The zero-order valence-corrected chi connectivity index (χ0v) is 15.5. The van der Waals surface area contributed by atoms with Crippen LogP contribution in [-0.4, -0.2) is 56.1 Å². The number of nitrogens with one attached hydrogen (secondary N) is 2. The van der Waals surface area contributed by atoms with Gasteiger partial charge in [-0.05, 0) is 43.6 Å². The predicted octanol–water partition coefficient (Wildman–Crippen LogP) is 3.07. The number of halogens is 2. The molecular weight excluding hydrogens is 334 g/mol. The fourth-order valence-electron chi connectivity index (χ4n) is 3.73. The van der Waals surface area contributed by atoms with Gasteiger partial charge in [0.05, 0.1) is 6.54 Å². The Morgan fingerprint density at radius 1 is 1.23 bits per heavy atom. The predicted molar refractivity (Wildman–Crippen MR) is 102 cm³/mol. The third-order valence-electron chi connectivity index (χ3n) is 5.30. The van der Waals surface area contributed by atoms with Gasteiger partial charge in [-0.3, -0.25) is 9.89 Å². The lowest BCUT2D eigenvalue weighted by atomic mass is 10.1. The van der Waals surface area contributed by atoms with E-state index in [4.69, 9.17) is 4.99 Å². The van der Waals surface area contributed by atoms with Crippen molar-refractivity contribution in [2.45, 2.75) is 44.6 Å². The monoisotopic (exact) mass is 364 g/mol. The number of hydrogen-bond donors (Lipinski definition) is 2. The quantitative estimate of drug-likeness (QED) is 0.577. The van der Waals surface area contributed by atoms with Gasteiger partial charge in [0, 0.05) is 32.2 Å². The van der Waals surface area contributed by atoms with Crippen LogP contribution in [-0.2, 0) is 0 Å². The zero-order chi connectivity index (χ0) is 18.4. The average molecular weight is 364 g/mol. The maximum atomic E-state index is 12.5. The number of rotatable bonds is 7. The van der Waals surface area contributed by atoms with Gasteiger partial charge in [0.25, 0.3) is 6.43 Å². The van der Waals surface area contributed by atoms with Crippen molar-refractivity contribution >= 4 is 5.96 Å². The average Bonchev–Trinajstić information content (AvgIpc) is 3.41. The number of guanidine groups is 1. The highest BCUT2D eigenvalue weighted by Gasteiger charge is 2.37. The first-order valence-corrected chi connectivity index (χ1v) is 9.76. The molecular formula is C20H30F2N4. The molecule has 0 spiro atoms. The van der Waals surface area contributed by atoms with E-state index in [0.717, 1.165) is 45.0 Å². The summed E-state index contributed by atoms with van der Waals surface area (Å²) in [6.07, 6.45) is 0.730. The van der Waals surface area contributed by atoms with Crippen LogP contribution in [0.4, 0.5) is 8.78 Å². The molecule has 26 heavy (non-hydrogen) atoms. The Kier molecular flexibility index (Phi) is 6.83. The Morgan fingerprint density at radius 3 is 2.62 bits per heavy atom. The number of benzene rings is 1. The molecule has 1 aromatic carbocycles. The van der Waals surface area contributed by atoms with Crippen LogP contribution in [0.5, 0.6) is 0 Å². The van der Waals surface area contributed by atoms with Crippen molar-refractivity contribution in [3.63, 3.8) is 0 Å². The molecule has 0 bridgehead atoms. The standard InChI is InChI=1S/C20H30F2N4/c1-2-23-20(25-17-8-10-26(11-9-17)14-19(21)22)24-13-16-12-18(16)15-6-4-3-5-7-15/h3-7,16-19H,2,8-14H2,1H3,(H2,23,24,25). The van der Waals surface area contributed by atoms with Gasteiger partial charge in [0.15, 0.2) is 5.96 Å². The molecule has 2 unspecified atom stereocenters. The van der Waals surface area contributed by atoms with E-state index in [0.29, 0.717) is 17.9 Å². The molecule has 2 N–H and O–H groups in total. The van der Waals surface area contributed by atoms with Gasteiger partial charge in [-0.15, -0.1) is 0 Å². The van der Waals surface area contributed by atoms with E-state index in [-0.39, 0.29) is 6.54 Å². The lowest BCUT2D eigenvalue weighted by Gasteiger charge is -2.32. The minimum atomic E-state index is -2.24. The largest absolute Gasteiger partial charge is 0.357 e. The first-order valence-electron chi connectivity index (χ1n) is 9.76. The van der Waals surface area contributed by atoms with Crippen molar-refractivity contribution in [3.05, 3.63) is 35.9 Å². The number of hydrogen-bond acceptors (Lipinski definition) is 2. The van der Waals surface area contributed by atoms with E-state index < -0.39 is 6.43 Å². The van der Waals surface area contributed by atoms with Gasteiger partial charge in [0.2, 0.25) is 0 Å². The Hall–Kier alpha value is -1.69. The first kappa shape index (κ1) is 19.1. The van der Waals surface area contributed by atoms with Gasteiger partial charge in [-0.2, -0.15) is 0 Å². The van der Waals surface area contributed by atoms with E-state index in [1.165, 1.54) is 12.0 Å². The molecule has 1 heterocycles. The summed E-state index contributed by atoms with van der Waals surface area (Å²) in [6, 6.07) is 11.0. The number of nitrogens with zero attached hydrogens (tertiary/aromatic N) is 2. The molecule has 0 radical (unpaired) electrons. The second kappa shape index (κ2) is 9.31. The van der Waals surface area contributed by atoms with Crippen molar-refractivity contribution in [2.75, 3.05) is 32.7 Å². The van der Waals surface area contributed by atoms with Crippen LogP contribution in [0.1, 0.15) is 37.7 Å². The maximum Gasteiger partial charge on any atom is 0.251 e. The van der Waals surface area contributed by atoms with Crippen LogP contribution < -0.4 is 10.6 Å². The molecule has 2 atom stereocenters. The van der Waals surface area contributed by atoms with Crippen molar-refractivity contribution in [1.82, 2.24) is 15.5 Å². The van der Waals surface area contributed by atoms with Crippen LogP contribution >= 0.6 is 0 Å². The summed E-state index contributed by atoms with van der Waals surface area (Å²) in [4.78, 5) is 6.62.